The van der Waals surface area contributed by atoms with Gasteiger partial charge >= 0.3 is 6.03 Å². The number of hydrogen-bond donors (Lipinski definition) is 1. The molecule has 24 heavy (non-hydrogen) atoms. The average molecular weight is 327 g/mol. The van der Waals surface area contributed by atoms with E-state index in [0.29, 0.717) is 12.2 Å². The molecule has 1 aliphatic heterocycles. The first-order valence-electron chi connectivity index (χ1n) is 8.20. The van der Waals surface area contributed by atoms with Crippen LogP contribution in [0.15, 0.2) is 48.5 Å². The van der Waals surface area contributed by atoms with Gasteiger partial charge in [0.25, 0.3) is 0 Å². The predicted molar refractivity (Wildman–Crippen MR) is 94.8 cm³/mol. The number of hydrogen-bond acceptors (Lipinski definition) is 2. The maximum absolute atomic E-state index is 13.3. The van der Waals surface area contributed by atoms with Gasteiger partial charge in [0.05, 0.1) is 6.04 Å². The van der Waals surface area contributed by atoms with Crippen molar-refractivity contribution in [3.8, 4) is 0 Å². The highest BCUT2D eigenvalue weighted by molar-refractivity contribution is 5.89. The molecular formula is C19H22FN3O. The number of benzene rings is 2. The summed E-state index contributed by atoms with van der Waals surface area (Å²) in [5.74, 6) is -0.360. The van der Waals surface area contributed by atoms with Gasteiger partial charge in [-0.25, -0.2) is 9.18 Å². The molecule has 0 unspecified atom stereocenters. The van der Waals surface area contributed by atoms with Gasteiger partial charge < -0.3 is 15.1 Å². The third-order valence-corrected chi connectivity index (χ3v) is 4.48. The van der Waals surface area contributed by atoms with Crippen molar-refractivity contribution >= 4 is 17.4 Å². The number of rotatable bonds is 2. The number of carbonyl (C=O) groups is 1. The van der Waals surface area contributed by atoms with Crippen molar-refractivity contribution in [3.63, 3.8) is 0 Å². The quantitative estimate of drug-likeness (QED) is 0.902. The van der Waals surface area contributed by atoms with Crippen LogP contribution >= 0.6 is 0 Å². The van der Waals surface area contributed by atoms with E-state index in [9.17, 15) is 9.18 Å². The summed E-state index contributed by atoms with van der Waals surface area (Å²) in [6.45, 7) is 3.39. The number of likely N-dealkylation sites (N-methyl/N-ethyl adjacent to an activating group) is 1. The Morgan fingerprint density at radius 1 is 1.25 bits per heavy atom. The Labute approximate surface area is 141 Å². The summed E-state index contributed by atoms with van der Waals surface area (Å²) in [6.07, 6.45) is 0.856. The zero-order chi connectivity index (χ0) is 17.1. The van der Waals surface area contributed by atoms with Crippen molar-refractivity contribution < 1.29 is 9.18 Å². The molecule has 2 aromatic rings. The van der Waals surface area contributed by atoms with Crippen molar-refractivity contribution in [2.24, 2.45) is 0 Å². The zero-order valence-corrected chi connectivity index (χ0v) is 14.0. The topological polar surface area (TPSA) is 35.6 Å². The SMILES string of the molecule is CC[C@H]1CN(C)c2ccccc2CN1C(=O)Nc1cccc(F)c1. The molecule has 0 saturated carbocycles. The van der Waals surface area contributed by atoms with Crippen LogP contribution in [0, 0.1) is 5.82 Å². The van der Waals surface area contributed by atoms with Gasteiger partial charge in [0, 0.05) is 31.5 Å². The number of halogens is 1. The van der Waals surface area contributed by atoms with Crippen LogP contribution in [0.4, 0.5) is 20.6 Å². The Balaban J connectivity index is 1.86. The monoisotopic (exact) mass is 327 g/mol. The van der Waals surface area contributed by atoms with Crippen LogP contribution in [-0.2, 0) is 6.54 Å². The number of para-hydroxylation sites is 1. The van der Waals surface area contributed by atoms with E-state index >= 15 is 0 Å². The van der Waals surface area contributed by atoms with Gasteiger partial charge in [0.15, 0.2) is 0 Å². The lowest BCUT2D eigenvalue weighted by molar-refractivity contribution is 0.185. The second-order valence-corrected chi connectivity index (χ2v) is 6.14. The molecule has 0 spiro atoms. The Kier molecular flexibility index (Phi) is 4.69. The highest BCUT2D eigenvalue weighted by Crippen LogP contribution is 2.27. The Morgan fingerprint density at radius 3 is 2.79 bits per heavy atom. The molecule has 0 aliphatic carbocycles. The summed E-state index contributed by atoms with van der Waals surface area (Å²) < 4.78 is 13.3. The summed E-state index contributed by atoms with van der Waals surface area (Å²) in [7, 11) is 2.05. The van der Waals surface area contributed by atoms with E-state index in [-0.39, 0.29) is 17.9 Å². The largest absolute Gasteiger partial charge is 0.372 e. The van der Waals surface area contributed by atoms with Gasteiger partial charge in [-0.1, -0.05) is 31.2 Å². The molecule has 1 aliphatic rings. The van der Waals surface area contributed by atoms with Crippen molar-refractivity contribution in [1.82, 2.24) is 4.90 Å². The Bertz CT molecular complexity index is 734. The zero-order valence-electron chi connectivity index (χ0n) is 14.0. The summed E-state index contributed by atoms with van der Waals surface area (Å²) >= 11 is 0. The van der Waals surface area contributed by atoms with Crippen molar-refractivity contribution in [2.45, 2.75) is 25.9 Å². The first-order chi connectivity index (χ1) is 11.6. The third kappa shape index (κ3) is 3.35. The van der Waals surface area contributed by atoms with E-state index in [0.717, 1.165) is 24.2 Å². The smallest absolute Gasteiger partial charge is 0.322 e. The standard InChI is InChI=1S/C19H22FN3O/c1-3-17-13-22(2)18-10-5-4-7-14(18)12-23(17)19(24)21-16-9-6-8-15(20)11-16/h4-11,17H,3,12-13H2,1-2H3,(H,21,24)/t17-/m0/s1. The average Bonchev–Trinajstić information content (AvgIpc) is 2.72. The van der Waals surface area contributed by atoms with Crippen LogP contribution in [0.3, 0.4) is 0 Å². The summed E-state index contributed by atoms with van der Waals surface area (Å²) in [4.78, 5) is 16.8. The molecule has 0 bridgehead atoms. The lowest BCUT2D eigenvalue weighted by atomic mass is 10.1. The van der Waals surface area contributed by atoms with Gasteiger partial charge in [0.1, 0.15) is 5.82 Å². The lowest BCUT2D eigenvalue weighted by Crippen LogP contribution is -2.45. The first-order valence-corrected chi connectivity index (χ1v) is 8.20. The fourth-order valence-corrected chi connectivity index (χ4v) is 3.19. The molecule has 1 heterocycles. The van der Waals surface area contributed by atoms with Gasteiger partial charge in [-0.05, 0) is 36.2 Å². The highest BCUT2D eigenvalue weighted by atomic mass is 19.1. The van der Waals surface area contributed by atoms with Crippen molar-refractivity contribution in [1.29, 1.82) is 0 Å². The highest BCUT2D eigenvalue weighted by Gasteiger charge is 2.28. The van der Waals surface area contributed by atoms with Crippen LogP contribution < -0.4 is 10.2 Å². The minimum Gasteiger partial charge on any atom is -0.372 e. The number of urea groups is 1. The molecule has 0 saturated heterocycles. The van der Waals surface area contributed by atoms with E-state index in [1.807, 2.05) is 23.1 Å². The number of carbonyl (C=O) groups excluding carboxylic acids is 1. The normalized spacial score (nSPS) is 17.2. The lowest BCUT2D eigenvalue weighted by Gasteiger charge is -2.30. The minimum atomic E-state index is -0.360. The summed E-state index contributed by atoms with van der Waals surface area (Å²) in [6, 6.07) is 14.0. The molecule has 0 fully saturated rings. The molecule has 0 aromatic heterocycles. The molecule has 1 atom stereocenters. The fourth-order valence-electron chi connectivity index (χ4n) is 3.19. The van der Waals surface area contributed by atoms with Crippen LogP contribution in [0.1, 0.15) is 18.9 Å². The number of nitrogens with one attached hydrogen (secondary N) is 1. The van der Waals surface area contributed by atoms with E-state index in [1.165, 1.54) is 12.1 Å². The van der Waals surface area contributed by atoms with Crippen molar-refractivity contribution in [3.05, 3.63) is 59.9 Å². The molecule has 2 amide bonds. The molecule has 3 rings (SSSR count). The van der Waals surface area contributed by atoms with Gasteiger partial charge in [0.2, 0.25) is 0 Å². The van der Waals surface area contributed by atoms with Gasteiger partial charge in [-0.15, -0.1) is 0 Å². The molecular weight excluding hydrogens is 305 g/mol. The molecule has 2 aromatic carbocycles. The molecule has 5 heteroatoms. The number of nitrogens with zero attached hydrogens (tertiary/aromatic N) is 2. The maximum Gasteiger partial charge on any atom is 0.322 e. The van der Waals surface area contributed by atoms with E-state index in [2.05, 4.69) is 30.3 Å². The minimum absolute atomic E-state index is 0.0935. The third-order valence-electron chi connectivity index (χ3n) is 4.48. The molecule has 1 N–H and O–H groups in total. The Hall–Kier alpha value is -2.56. The van der Waals surface area contributed by atoms with Crippen LogP contribution in [-0.4, -0.2) is 30.6 Å². The van der Waals surface area contributed by atoms with E-state index < -0.39 is 0 Å². The molecule has 4 nitrogen and oxygen atoms in total. The summed E-state index contributed by atoms with van der Waals surface area (Å²) in [5, 5.41) is 2.82. The molecule has 0 radical (unpaired) electrons. The maximum atomic E-state index is 13.3. The van der Waals surface area contributed by atoms with Crippen LogP contribution in [0.2, 0.25) is 0 Å². The predicted octanol–water partition coefficient (Wildman–Crippen LogP) is 4.09. The second kappa shape index (κ2) is 6.91. The van der Waals surface area contributed by atoms with E-state index in [4.69, 9.17) is 0 Å². The van der Waals surface area contributed by atoms with E-state index in [1.54, 1.807) is 12.1 Å². The second-order valence-electron chi connectivity index (χ2n) is 6.14. The van der Waals surface area contributed by atoms with Gasteiger partial charge in [-0.2, -0.15) is 0 Å². The van der Waals surface area contributed by atoms with Crippen LogP contribution in [0.5, 0.6) is 0 Å². The number of anilines is 2. The first kappa shape index (κ1) is 16.3. The fraction of sp³-hybridized carbons (Fsp3) is 0.316. The van der Waals surface area contributed by atoms with Gasteiger partial charge in [-0.3, -0.25) is 0 Å². The van der Waals surface area contributed by atoms with Crippen LogP contribution in [0.25, 0.3) is 0 Å². The Morgan fingerprint density at radius 2 is 2.04 bits per heavy atom. The van der Waals surface area contributed by atoms with Crippen molar-refractivity contribution in [2.75, 3.05) is 23.8 Å². The molecule has 126 valence electrons. The number of fused-ring (bicyclic) bond motifs is 1. The summed E-state index contributed by atoms with van der Waals surface area (Å²) in [5.41, 5.74) is 2.74. The number of amides is 2.